The van der Waals surface area contributed by atoms with Gasteiger partial charge in [0.05, 0.1) is 10.8 Å². The molecular weight excluding hydrogens is 297 g/mol. The van der Waals surface area contributed by atoms with E-state index in [1.165, 1.54) is 12.1 Å². The summed E-state index contributed by atoms with van der Waals surface area (Å²) < 4.78 is 13.3. The number of halogens is 2. The SMILES string of the molecule is O=C1CS[C@H](c2ccccc2)N1c1ccc(F)c(Cl)c1. The summed E-state index contributed by atoms with van der Waals surface area (Å²) in [7, 11) is 0. The number of anilines is 1. The molecule has 0 bridgehead atoms. The summed E-state index contributed by atoms with van der Waals surface area (Å²) in [4.78, 5) is 13.8. The van der Waals surface area contributed by atoms with Crippen LogP contribution in [0.5, 0.6) is 0 Å². The Morgan fingerprint density at radius 2 is 1.95 bits per heavy atom. The van der Waals surface area contributed by atoms with Gasteiger partial charge in [-0.05, 0) is 23.8 Å². The topological polar surface area (TPSA) is 20.3 Å². The number of carbonyl (C=O) groups is 1. The monoisotopic (exact) mass is 307 g/mol. The molecule has 0 N–H and O–H groups in total. The fourth-order valence-electron chi connectivity index (χ4n) is 2.20. The molecule has 102 valence electrons. The minimum absolute atomic E-state index is 0.00604. The molecule has 1 saturated heterocycles. The van der Waals surface area contributed by atoms with Crippen molar-refractivity contribution in [1.82, 2.24) is 0 Å². The van der Waals surface area contributed by atoms with Crippen LogP contribution in [0.25, 0.3) is 0 Å². The van der Waals surface area contributed by atoms with Crippen molar-refractivity contribution in [2.45, 2.75) is 5.37 Å². The van der Waals surface area contributed by atoms with Crippen LogP contribution in [0.3, 0.4) is 0 Å². The molecule has 0 aliphatic carbocycles. The van der Waals surface area contributed by atoms with E-state index in [0.717, 1.165) is 5.56 Å². The van der Waals surface area contributed by atoms with Crippen LogP contribution in [0.1, 0.15) is 10.9 Å². The number of thioether (sulfide) groups is 1. The summed E-state index contributed by atoms with van der Waals surface area (Å²) in [5.74, 6) is -0.0633. The van der Waals surface area contributed by atoms with Crippen molar-refractivity contribution in [3.8, 4) is 0 Å². The highest BCUT2D eigenvalue weighted by Crippen LogP contribution is 2.42. The van der Waals surface area contributed by atoms with E-state index in [2.05, 4.69) is 0 Å². The van der Waals surface area contributed by atoms with Gasteiger partial charge in [-0.15, -0.1) is 11.8 Å². The van der Waals surface area contributed by atoms with Gasteiger partial charge in [0, 0.05) is 5.69 Å². The average Bonchev–Trinajstić information content (AvgIpc) is 2.85. The second-order valence-corrected chi connectivity index (χ2v) is 5.91. The van der Waals surface area contributed by atoms with Crippen molar-refractivity contribution < 1.29 is 9.18 Å². The third-order valence-electron chi connectivity index (χ3n) is 3.13. The van der Waals surface area contributed by atoms with Crippen molar-refractivity contribution >= 4 is 35.0 Å². The summed E-state index contributed by atoms with van der Waals surface area (Å²) in [6.45, 7) is 0. The van der Waals surface area contributed by atoms with E-state index in [0.29, 0.717) is 11.4 Å². The Kier molecular flexibility index (Phi) is 3.68. The minimum Gasteiger partial charge on any atom is -0.295 e. The first-order chi connectivity index (χ1) is 9.66. The molecule has 1 amide bonds. The lowest BCUT2D eigenvalue weighted by Gasteiger charge is -2.24. The number of hydrogen-bond acceptors (Lipinski definition) is 2. The zero-order valence-electron chi connectivity index (χ0n) is 10.4. The Hall–Kier alpha value is -1.52. The van der Waals surface area contributed by atoms with Crippen molar-refractivity contribution in [2.75, 3.05) is 10.7 Å². The molecule has 2 nitrogen and oxygen atoms in total. The van der Waals surface area contributed by atoms with Crippen LogP contribution in [0.4, 0.5) is 10.1 Å². The quantitative estimate of drug-likeness (QED) is 0.826. The Balaban J connectivity index is 2.00. The van der Waals surface area contributed by atoms with E-state index in [1.54, 1.807) is 22.7 Å². The van der Waals surface area contributed by atoms with E-state index < -0.39 is 5.82 Å². The molecule has 0 aromatic heterocycles. The van der Waals surface area contributed by atoms with Gasteiger partial charge in [0.25, 0.3) is 0 Å². The second kappa shape index (κ2) is 5.46. The molecule has 0 saturated carbocycles. The Morgan fingerprint density at radius 3 is 2.65 bits per heavy atom. The van der Waals surface area contributed by atoms with E-state index in [9.17, 15) is 9.18 Å². The maximum absolute atomic E-state index is 13.3. The molecular formula is C15H11ClFNOS. The number of benzene rings is 2. The van der Waals surface area contributed by atoms with Crippen LogP contribution in [-0.2, 0) is 4.79 Å². The van der Waals surface area contributed by atoms with Gasteiger partial charge in [-0.2, -0.15) is 0 Å². The molecule has 1 aliphatic rings. The number of amides is 1. The van der Waals surface area contributed by atoms with Crippen LogP contribution < -0.4 is 4.90 Å². The normalized spacial score (nSPS) is 18.6. The van der Waals surface area contributed by atoms with Gasteiger partial charge in [0.1, 0.15) is 11.2 Å². The first-order valence-electron chi connectivity index (χ1n) is 6.10. The number of nitrogens with zero attached hydrogens (tertiary/aromatic N) is 1. The van der Waals surface area contributed by atoms with Crippen molar-refractivity contribution in [3.63, 3.8) is 0 Å². The van der Waals surface area contributed by atoms with Crippen LogP contribution >= 0.6 is 23.4 Å². The van der Waals surface area contributed by atoms with Crippen molar-refractivity contribution in [1.29, 1.82) is 0 Å². The minimum atomic E-state index is -0.481. The highest BCUT2D eigenvalue weighted by molar-refractivity contribution is 8.00. The molecule has 20 heavy (non-hydrogen) atoms. The predicted octanol–water partition coefficient (Wildman–Crippen LogP) is 4.26. The summed E-state index contributed by atoms with van der Waals surface area (Å²) >= 11 is 7.37. The number of hydrogen-bond donors (Lipinski definition) is 0. The fraction of sp³-hybridized carbons (Fsp3) is 0.133. The number of carbonyl (C=O) groups excluding carboxylic acids is 1. The van der Waals surface area contributed by atoms with Crippen LogP contribution in [-0.4, -0.2) is 11.7 Å². The molecule has 3 rings (SSSR count). The molecule has 1 fully saturated rings. The molecule has 0 spiro atoms. The van der Waals surface area contributed by atoms with E-state index in [4.69, 9.17) is 11.6 Å². The number of rotatable bonds is 2. The van der Waals surface area contributed by atoms with Gasteiger partial charge in [-0.1, -0.05) is 41.9 Å². The van der Waals surface area contributed by atoms with Crippen LogP contribution in [0.2, 0.25) is 5.02 Å². The first-order valence-corrected chi connectivity index (χ1v) is 7.53. The van der Waals surface area contributed by atoms with Gasteiger partial charge < -0.3 is 0 Å². The first kappa shape index (κ1) is 13.5. The van der Waals surface area contributed by atoms with Gasteiger partial charge in [0.15, 0.2) is 0 Å². The molecule has 2 aromatic carbocycles. The average molecular weight is 308 g/mol. The summed E-state index contributed by atoms with van der Waals surface area (Å²) in [6, 6.07) is 14.1. The molecule has 0 radical (unpaired) electrons. The fourth-order valence-corrected chi connectivity index (χ4v) is 3.55. The molecule has 1 heterocycles. The zero-order chi connectivity index (χ0) is 14.1. The molecule has 2 aromatic rings. The highest BCUT2D eigenvalue weighted by Gasteiger charge is 2.34. The highest BCUT2D eigenvalue weighted by atomic mass is 35.5. The summed E-state index contributed by atoms with van der Waals surface area (Å²) in [5.41, 5.74) is 1.67. The largest absolute Gasteiger partial charge is 0.295 e. The summed E-state index contributed by atoms with van der Waals surface area (Å²) in [6.07, 6.45) is 0. The lowest BCUT2D eigenvalue weighted by atomic mass is 10.2. The molecule has 5 heteroatoms. The zero-order valence-corrected chi connectivity index (χ0v) is 12.0. The summed E-state index contributed by atoms with van der Waals surface area (Å²) in [5, 5.41) is -0.0655. The molecule has 1 atom stereocenters. The lowest BCUT2D eigenvalue weighted by Crippen LogP contribution is -2.27. The smallest absolute Gasteiger partial charge is 0.238 e. The predicted molar refractivity (Wildman–Crippen MR) is 80.5 cm³/mol. The van der Waals surface area contributed by atoms with Crippen molar-refractivity contribution in [2.24, 2.45) is 0 Å². The molecule has 1 aliphatic heterocycles. The van der Waals surface area contributed by atoms with E-state index in [1.807, 2.05) is 30.3 Å². The maximum Gasteiger partial charge on any atom is 0.238 e. The van der Waals surface area contributed by atoms with Crippen LogP contribution in [0.15, 0.2) is 48.5 Å². The third-order valence-corrected chi connectivity index (χ3v) is 4.64. The van der Waals surface area contributed by atoms with Gasteiger partial charge in [-0.25, -0.2) is 4.39 Å². The van der Waals surface area contributed by atoms with Crippen molar-refractivity contribution in [3.05, 3.63) is 64.9 Å². The standard InChI is InChI=1S/C15H11ClFNOS/c16-12-8-11(6-7-13(12)17)18-14(19)9-20-15(18)10-4-2-1-3-5-10/h1-8,15H,9H2/t15-/m1/s1. The lowest BCUT2D eigenvalue weighted by molar-refractivity contribution is -0.115. The third kappa shape index (κ3) is 2.41. The molecule has 0 unspecified atom stereocenters. The van der Waals surface area contributed by atoms with Gasteiger partial charge >= 0.3 is 0 Å². The Bertz CT molecular complexity index is 650. The van der Waals surface area contributed by atoms with E-state index in [-0.39, 0.29) is 16.3 Å². The van der Waals surface area contributed by atoms with Crippen LogP contribution in [0, 0.1) is 5.82 Å². The maximum atomic E-state index is 13.3. The van der Waals surface area contributed by atoms with Gasteiger partial charge in [-0.3, -0.25) is 9.69 Å². The van der Waals surface area contributed by atoms with Gasteiger partial charge in [0.2, 0.25) is 5.91 Å². The second-order valence-electron chi connectivity index (χ2n) is 4.44. The Labute approximate surface area is 125 Å². The van der Waals surface area contributed by atoms with E-state index >= 15 is 0 Å². The Morgan fingerprint density at radius 1 is 1.20 bits per heavy atom.